The van der Waals surface area contributed by atoms with Crippen LogP contribution in [-0.2, 0) is 0 Å². The number of aliphatic hydroxyl groups is 1. The van der Waals surface area contributed by atoms with Gasteiger partial charge in [0, 0.05) is 25.0 Å². The van der Waals surface area contributed by atoms with E-state index < -0.39 is 0 Å². The zero-order valence-corrected chi connectivity index (χ0v) is 16.8. The van der Waals surface area contributed by atoms with Gasteiger partial charge in [-0.3, -0.25) is 0 Å². The molecule has 1 heterocycles. The van der Waals surface area contributed by atoms with Crippen molar-refractivity contribution in [2.24, 2.45) is 5.92 Å². The standard InChI is InChI=1S/C24H34N2O/c1-25(2)21-13-14-26(16-21)17-23(22-9-5-6-10-24(22)27)20-12-11-18-7-3-4-8-19(18)15-20/h3-4,7-8,11-12,15,21-24,27H,5-6,9-10,13-14,16-17H2,1-2H3/t21-,22?,23?,24?/m1/s1. The Kier molecular flexibility index (Phi) is 5.82. The monoisotopic (exact) mass is 366 g/mol. The Bertz CT molecular complexity index is 759. The minimum absolute atomic E-state index is 0.150. The molecule has 1 saturated carbocycles. The maximum absolute atomic E-state index is 10.8. The summed E-state index contributed by atoms with van der Waals surface area (Å²) in [6, 6.07) is 16.2. The van der Waals surface area contributed by atoms with Crippen LogP contribution in [0.5, 0.6) is 0 Å². The molecule has 4 rings (SSSR count). The first kappa shape index (κ1) is 18.9. The molecule has 4 atom stereocenters. The second kappa shape index (κ2) is 8.30. The van der Waals surface area contributed by atoms with Crippen molar-refractivity contribution in [1.82, 2.24) is 9.80 Å². The number of nitrogens with zero attached hydrogens (tertiary/aromatic N) is 2. The van der Waals surface area contributed by atoms with Gasteiger partial charge < -0.3 is 14.9 Å². The summed E-state index contributed by atoms with van der Waals surface area (Å²) in [6.45, 7) is 3.40. The van der Waals surface area contributed by atoms with E-state index in [9.17, 15) is 5.11 Å². The minimum Gasteiger partial charge on any atom is -0.393 e. The molecule has 2 aliphatic rings. The number of benzene rings is 2. The Balaban J connectivity index is 1.60. The zero-order valence-electron chi connectivity index (χ0n) is 16.8. The number of hydrogen-bond donors (Lipinski definition) is 1. The van der Waals surface area contributed by atoms with E-state index in [0.717, 1.165) is 25.9 Å². The van der Waals surface area contributed by atoms with Crippen LogP contribution in [0.2, 0.25) is 0 Å². The van der Waals surface area contributed by atoms with Gasteiger partial charge in [0.1, 0.15) is 0 Å². The molecular formula is C24H34N2O. The maximum atomic E-state index is 10.8. The van der Waals surface area contributed by atoms with Gasteiger partial charge >= 0.3 is 0 Å². The molecule has 27 heavy (non-hydrogen) atoms. The fourth-order valence-electron chi connectivity index (χ4n) is 5.21. The van der Waals surface area contributed by atoms with Gasteiger partial charge in [-0.1, -0.05) is 55.3 Å². The molecule has 0 bridgehead atoms. The van der Waals surface area contributed by atoms with E-state index in [0.29, 0.717) is 17.9 Å². The third-order valence-corrected chi connectivity index (χ3v) is 6.93. The van der Waals surface area contributed by atoms with Crippen LogP contribution in [-0.4, -0.2) is 60.8 Å². The van der Waals surface area contributed by atoms with E-state index in [2.05, 4.69) is 66.4 Å². The highest BCUT2D eigenvalue weighted by molar-refractivity contribution is 5.83. The van der Waals surface area contributed by atoms with Crippen molar-refractivity contribution in [2.45, 2.75) is 50.2 Å². The van der Waals surface area contributed by atoms with Crippen molar-refractivity contribution >= 4 is 10.8 Å². The first-order valence-electron chi connectivity index (χ1n) is 10.7. The minimum atomic E-state index is -0.150. The Hall–Kier alpha value is -1.42. The van der Waals surface area contributed by atoms with Crippen LogP contribution in [0.3, 0.4) is 0 Å². The predicted molar refractivity (Wildman–Crippen MR) is 113 cm³/mol. The Labute approximate surface area is 164 Å². The molecule has 1 aliphatic heterocycles. The van der Waals surface area contributed by atoms with Gasteiger partial charge in [-0.2, -0.15) is 0 Å². The Morgan fingerprint density at radius 3 is 2.56 bits per heavy atom. The summed E-state index contributed by atoms with van der Waals surface area (Å²) >= 11 is 0. The van der Waals surface area contributed by atoms with Crippen LogP contribution in [0, 0.1) is 5.92 Å². The molecule has 3 heteroatoms. The normalized spacial score (nSPS) is 28.1. The Morgan fingerprint density at radius 1 is 1.04 bits per heavy atom. The van der Waals surface area contributed by atoms with E-state index >= 15 is 0 Å². The van der Waals surface area contributed by atoms with E-state index in [-0.39, 0.29) is 6.10 Å². The van der Waals surface area contributed by atoms with Gasteiger partial charge in [-0.15, -0.1) is 0 Å². The highest BCUT2D eigenvalue weighted by Gasteiger charge is 2.34. The smallest absolute Gasteiger partial charge is 0.0574 e. The second-order valence-electron chi connectivity index (χ2n) is 8.89. The summed E-state index contributed by atoms with van der Waals surface area (Å²) < 4.78 is 0. The first-order valence-corrected chi connectivity index (χ1v) is 10.7. The van der Waals surface area contributed by atoms with E-state index in [1.54, 1.807) is 0 Å². The van der Waals surface area contributed by atoms with Crippen LogP contribution in [0.25, 0.3) is 10.8 Å². The lowest BCUT2D eigenvalue weighted by Gasteiger charge is -2.37. The molecule has 1 aliphatic carbocycles. The molecule has 2 aromatic carbocycles. The topological polar surface area (TPSA) is 26.7 Å². The number of likely N-dealkylation sites (N-methyl/N-ethyl adjacent to an activating group) is 1. The first-order chi connectivity index (χ1) is 13.1. The molecule has 0 radical (unpaired) electrons. The van der Waals surface area contributed by atoms with Crippen LogP contribution >= 0.6 is 0 Å². The van der Waals surface area contributed by atoms with Crippen molar-refractivity contribution < 1.29 is 5.11 Å². The van der Waals surface area contributed by atoms with Gasteiger partial charge in [0.2, 0.25) is 0 Å². The van der Waals surface area contributed by atoms with Crippen molar-refractivity contribution in [3.05, 3.63) is 48.0 Å². The third-order valence-electron chi connectivity index (χ3n) is 6.93. The summed E-state index contributed by atoms with van der Waals surface area (Å²) in [4.78, 5) is 4.99. The maximum Gasteiger partial charge on any atom is 0.0574 e. The van der Waals surface area contributed by atoms with E-state index in [1.165, 1.54) is 42.1 Å². The molecule has 2 fully saturated rings. The zero-order chi connectivity index (χ0) is 18.8. The quantitative estimate of drug-likeness (QED) is 0.863. The molecule has 3 unspecified atom stereocenters. The van der Waals surface area contributed by atoms with Crippen LogP contribution in [0.1, 0.15) is 43.6 Å². The van der Waals surface area contributed by atoms with Crippen LogP contribution < -0.4 is 0 Å². The Morgan fingerprint density at radius 2 is 1.81 bits per heavy atom. The number of likely N-dealkylation sites (tertiary alicyclic amines) is 1. The molecule has 146 valence electrons. The summed E-state index contributed by atoms with van der Waals surface area (Å²) in [7, 11) is 4.39. The van der Waals surface area contributed by atoms with Gasteiger partial charge in [-0.25, -0.2) is 0 Å². The molecule has 1 N–H and O–H groups in total. The van der Waals surface area contributed by atoms with Crippen molar-refractivity contribution in [2.75, 3.05) is 33.7 Å². The number of rotatable bonds is 5. The molecule has 0 spiro atoms. The average Bonchev–Trinajstić information content (AvgIpc) is 3.15. The van der Waals surface area contributed by atoms with Crippen molar-refractivity contribution in [3.8, 4) is 0 Å². The highest BCUT2D eigenvalue weighted by atomic mass is 16.3. The SMILES string of the molecule is CN(C)[C@@H]1CCN(CC(c2ccc3ccccc3c2)C2CCCCC2O)C1. The largest absolute Gasteiger partial charge is 0.393 e. The van der Waals surface area contributed by atoms with Crippen molar-refractivity contribution in [1.29, 1.82) is 0 Å². The molecule has 0 aromatic heterocycles. The fraction of sp³-hybridized carbons (Fsp3) is 0.583. The predicted octanol–water partition coefficient (Wildman–Crippen LogP) is 4.11. The lowest BCUT2D eigenvalue weighted by atomic mass is 9.74. The third kappa shape index (κ3) is 4.21. The lowest BCUT2D eigenvalue weighted by Crippen LogP contribution is -2.38. The van der Waals surface area contributed by atoms with Gasteiger partial charge in [0.05, 0.1) is 6.10 Å². The molecule has 0 amide bonds. The summed E-state index contributed by atoms with van der Waals surface area (Å²) in [6.07, 6.45) is 5.66. The summed E-state index contributed by atoms with van der Waals surface area (Å²) in [5, 5.41) is 13.4. The second-order valence-corrected chi connectivity index (χ2v) is 8.89. The number of aliphatic hydroxyl groups excluding tert-OH is 1. The molecule has 2 aromatic rings. The molecule has 3 nitrogen and oxygen atoms in total. The molecular weight excluding hydrogens is 332 g/mol. The van der Waals surface area contributed by atoms with Crippen molar-refractivity contribution in [3.63, 3.8) is 0 Å². The van der Waals surface area contributed by atoms with E-state index in [1.807, 2.05) is 0 Å². The number of hydrogen-bond acceptors (Lipinski definition) is 3. The van der Waals surface area contributed by atoms with Crippen LogP contribution in [0.15, 0.2) is 42.5 Å². The van der Waals surface area contributed by atoms with Gasteiger partial charge in [0.25, 0.3) is 0 Å². The van der Waals surface area contributed by atoms with E-state index in [4.69, 9.17) is 0 Å². The lowest BCUT2D eigenvalue weighted by molar-refractivity contribution is 0.0473. The number of fused-ring (bicyclic) bond motifs is 1. The molecule has 1 saturated heterocycles. The van der Waals surface area contributed by atoms with Gasteiger partial charge in [0.15, 0.2) is 0 Å². The fourth-order valence-corrected chi connectivity index (χ4v) is 5.21. The highest BCUT2D eigenvalue weighted by Crippen LogP contribution is 2.38. The van der Waals surface area contributed by atoms with Gasteiger partial charge in [-0.05, 0) is 62.2 Å². The average molecular weight is 367 g/mol. The summed E-state index contributed by atoms with van der Waals surface area (Å²) in [5.74, 6) is 0.809. The van der Waals surface area contributed by atoms with Crippen LogP contribution in [0.4, 0.5) is 0 Å². The summed E-state index contributed by atoms with van der Waals surface area (Å²) in [5.41, 5.74) is 1.41.